The first kappa shape index (κ1) is 12.2. The van der Waals surface area contributed by atoms with Gasteiger partial charge in [0.1, 0.15) is 6.10 Å². The largest absolute Gasteiger partial charge is 0.454 e. The highest BCUT2D eigenvalue weighted by Gasteiger charge is 2.33. The second kappa shape index (κ2) is 4.77. The van der Waals surface area contributed by atoms with Crippen molar-refractivity contribution in [3.63, 3.8) is 0 Å². The van der Waals surface area contributed by atoms with Gasteiger partial charge in [0.2, 0.25) is 0 Å². The summed E-state index contributed by atoms with van der Waals surface area (Å²) in [5.41, 5.74) is 3.27. The maximum absolute atomic E-state index is 6.06. The van der Waals surface area contributed by atoms with Crippen LogP contribution in [0.4, 0.5) is 0 Å². The van der Waals surface area contributed by atoms with Crippen molar-refractivity contribution in [1.29, 1.82) is 0 Å². The minimum Gasteiger partial charge on any atom is -0.454 e. The van der Waals surface area contributed by atoms with Crippen LogP contribution in [-0.2, 0) is 0 Å². The predicted molar refractivity (Wildman–Crippen MR) is 82.2 cm³/mol. The molecule has 3 nitrogen and oxygen atoms in total. The molecule has 0 radical (unpaired) electrons. The number of benzene rings is 2. The lowest BCUT2D eigenvalue weighted by Crippen LogP contribution is -2.10. The molecule has 0 N–H and O–H groups in total. The van der Waals surface area contributed by atoms with Crippen molar-refractivity contribution >= 4 is 0 Å². The summed E-state index contributed by atoms with van der Waals surface area (Å²) in [4.78, 5) is 4.63. The molecule has 2 aromatic carbocycles. The Bertz CT molecular complexity index is 749. The molecule has 0 aliphatic carbocycles. The van der Waals surface area contributed by atoms with Crippen molar-refractivity contribution in [1.82, 2.24) is 9.55 Å². The second-order valence-corrected chi connectivity index (χ2v) is 5.37. The Labute approximate surface area is 123 Å². The zero-order valence-corrected chi connectivity index (χ0v) is 11.8. The summed E-state index contributed by atoms with van der Waals surface area (Å²) >= 11 is 0. The van der Waals surface area contributed by atoms with E-state index in [9.17, 15) is 0 Å². The van der Waals surface area contributed by atoms with Gasteiger partial charge in [0.15, 0.2) is 0 Å². The van der Waals surface area contributed by atoms with Crippen molar-refractivity contribution in [2.45, 2.75) is 19.1 Å². The second-order valence-electron chi connectivity index (χ2n) is 5.37. The van der Waals surface area contributed by atoms with Crippen LogP contribution in [0, 0.1) is 0 Å². The molecule has 0 saturated heterocycles. The molecule has 3 heteroatoms. The van der Waals surface area contributed by atoms with Crippen LogP contribution < -0.4 is 4.74 Å². The van der Waals surface area contributed by atoms with E-state index in [2.05, 4.69) is 46.9 Å². The monoisotopic (exact) mass is 276 g/mol. The number of hydrogen-bond donors (Lipinski definition) is 0. The van der Waals surface area contributed by atoms with Crippen LogP contribution in [0.3, 0.4) is 0 Å². The molecule has 1 aliphatic heterocycles. The van der Waals surface area contributed by atoms with Crippen molar-refractivity contribution in [2.75, 3.05) is 0 Å². The van der Waals surface area contributed by atoms with Crippen LogP contribution in [0.1, 0.15) is 24.6 Å². The summed E-state index contributed by atoms with van der Waals surface area (Å²) in [6.45, 7) is 2.17. The zero-order valence-electron chi connectivity index (χ0n) is 11.8. The van der Waals surface area contributed by atoms with Crippen molar-refractivity contribution in [3.8, 4) is 17.3 Å². The van der Waals surface area contributed by atoms with Crippen LogP contribution in [0.15, 0.2) is 66.9 Å². The third-order valence-electron chi connectivity index (χ3n) is 4.01. The number of fused-ring (bicyclic) bond motifs is 1. The lowest BCUT2D eigenvalue weighted by Gasteiger charge is -2.15. The Hall–Kier alpha value is -2.55. The molecule has 0 fully saturated rings. The molecule has 1 aromatic heterocycles. The van der Waals surface area contributed by atoms with E-state index in [1.165, 1.54) is 5.56 Å². The highest BCUT2D eigenvalue weighted by atomic mass is 16.5. The number of nitrogens with zero attached hydrogens (tertiary/aromatic N) is 2. The van der Waals surface area contributed by atoms with Crippen molar-refractivity contribution in [2.24, 2.45) is 0 Å². The van der Waals surface area contributed by atoms with Crippen LogP contribution in [0.25, 0.3) is 11.3 Å². The first-order chi connectivity index (χ1) is 10.3. The van der Waals surface area contributed by atoms with Crippen molar-refractivity contribution < 1.29 is 4.74 Å². The molecule has 2 heterocycles. The SMILES string of the molecule is CC1C(c2ccccc2)Oc2nc(-c3ccccc3)cn21. The Morgan fingerprint density at radius 1 is 0.952 bits per heavy atom. The molecule has 4 rings (SSSR count). The molecular formula is C18H16N2O. The fourth-order valence-electron chi connectivity index (χ4n) is 2.85. The van der Waals surface area contributed by atoms with E-state index in [0.29, 0.717) is 6.01 Å². The lowest BCUT2D eigenvalue weighted by atomic mass is 10.0. The Morgan fingerprint density at radius 2 is 1.62 bits per heavy atom. The fraction of sp³-hybridized carbons (Fsp3) is 0.167. The highest BCUT2D eigenvalue weighted by Crippen LogP contribution is 2.41. The first-order valence-corrected chi connectivity index (χ1v) is 7.19. The van der Waals surface area contributed by atoms with Crippen molar-refractivity contribution in [3.05, 3.63) is 72.4 Å². The third kappa shape index (κ3) is 2.02. The van der Waals surface area contributed by atoms with Gasteiger partial charge in [-0.25, -0.2) is 0 Å². The summed E-state index contributed by atoms with van der Waals surface area (Å²) in [7, 11) is 0. The number of hydrogen-bond acceptors (Lipinski definition) is 2. The maximum atomic E-state index is 6.06. The highest BCUT2D eigenvalue weighted by molar-refractivity contribution is 5.59. The van der Waals surface area contributed by atoms with Gasteiger partial charge in [0.05, 0.1) is 11.7 Å². The Kier molecular flexibility index (Phi) is 2.78. The average molecular weight is 276 g/mol. The van der Waals surface area contributed by atoms with Gasteiger partial charge in [-0.15, -0.1) is 0 Å². The van der Waals surface area contributed by atoms with E-state index in [1.54, 1.807) is 0 Å². The van der Waals surface area contributed by atoms with E-state index >= 15 is 0 Å². The van der Waals surface area contributed by atoms with E-state index in [0.717, 1.165) is 11.3 Å². The molecule has 2 unspecified atom stereocenters. The molecular weight excluding hydrogens is 260 g/mol. The molecule has 1 aliphatic rings. The molecule has 21 heavy (non-hydrogen) atoms. The van der Waals surface area contributed by atoms with Gasteiger partial charge in [-0.2, -0.15) is 4.98 Å². The number of rotatable bonds is 2. The predicted octanol–water partition coefficient (Wildman–Crippen LogP) is 4.24. The Morgan fingerprint density at radius 3 is 2.29 bits per heavy atom. The van der Waals surface area contributed by atoms with Gasteiger partial charge in [-0.05, 0) is 12.5 Å². The first-order valence-electron chi connectivity index (χ1n) is 7.19. The van der Waals surface area contributed by atoms with Gasteiger partial charge in [-0.3, -0.25) is 4.57 Å². The van der Waals surface area contributed by atoms with E-state index in [-0.39, 0.29) is 12.1 Å². The molecule has 0 bridgehead atoms. The summed E-state index contributed by atoms with van der Waals surface area (Å²) in [5, 5.41) is 0. The molecule has 0 amide bonds. The lowest BCUT2D eigenvalue weighted by molar-refractivity contribution is 0.205. The number of imidazole rings is 1. The fourth-order valence-corrected chi connectivity index (χ4v) is 2.85. The summed E-state index contributed by atoms with van der Waals surface area (Å²) < 4.78 is 8.18. The minimum atomic E-state index is 0.0403. The van der Waals surface area contributed by atoms with Gasteiger partial charge >= 0.3 is 0 Å². The molecule has 0 saturated carbocycles. The topological polar surface area (TPSA) is 27.1 Å². The smallest absolute Gasteiger partial charge is 0.297 e. The van der Waals surface area contributed by atoms with Crippen LogP contribution in [0.5, 0.6) is 6.01 Å². The van der Waals surface area contributed by atoms with Gasteiger partial charge < -0.3 is 4.74 Å². The molecule has 0 spiro atoms. The normalized spacial score (nSPS) is 20.0. The zero-order chi connectivity index (χ0) is 14.2. The van der Waals surface area contributed by atoms with Crippen LogP contribution in [0.2, 0.25) is 0 Å². The minimum absolute atomic E-state index is 0.0403. The van der Waals surface area contributed by atoms with Gasteiger partial charge in [0, 0.05) is 11.8 Å². The van der Waals surface area contributed by atoms with Gasteiger partial charge in [0.25, 0.3) is 6.01 Å². The number of aromatic nitrogens is 2. The van der Waals surface area contributed by atoms with Crippen LogP contribution >= 0.6 is 0 Å². The van der Waals surface area contributed by atoms with Gasteiger partial charge in [-0.1, -0.05) is 60.7 Å². The van der Waals surface area contributed by atoms with Crippen LogP contribution in [-0.4, -0.2) is 9.55 Å². The van der Waals surface area contributed by atoms with E-state index in [1.807, 2.05) is 36.4 Å². The molecule has 3 aromatic rings. The van der Waals surface area contributed by atoms with E-state index in [4.69, 9.17) is 4.74 Å². The third-order valence-corrected chi connectivity index (χ3v) is 4.01. The summed E-state index contributed by atoms with van der Waals surface area (Å²) in [6.07, 6.45) is 2.12. The summed E-state index contributed by atoms with van der Waals surface area (Å²) in [5.74, 6) is 0. The quantitative estimate of drug-likeness (QED) is 0.700. The number of ether oxygens (including phenoxy) is 1. The van der Waals surface area contributed by atoms with E-state index < -0.39 is 0 Å². The standard InChI is InChI=1S/C18H16N2O/c1-13-17(15-10-6-3-7-11-15)21-18-19-16(12-20(13)18)14-8-4-2-5-9-14/h2-13,17H,1H3. The maximum Gasteiger partial charge on any atom is 0.297 e. The summed E-state index contributed by atoms with van der Waals surface area (Å²) in [6, 6.07) is 21.5. The average Bonchev–Trinajstić information content (AvgIpc) is 3.09. The molecule has 2 atom stereocenters. The Balaban J connectivity index is 1.67. The molecule has 104 valence electrons.